The number of rotatable bonds is 5. The van der Waals surface area contributed by atoms with Gasteiger partial charge in [0.05, 0.1) is 12.1 Å². The quantitative estimate of drug-likeness (QED) is 0.810. The Bertz CT molecular complexity index is 444. The van der Waals surface area contributed by atoms with Gasteiger partial charge in [0.2, 0.25) is 5.91 Å². The second-order valence-electron chi connectivity index (χ2n) is 4.25. The maximum absolute atomic E-state index is 12.6. The van der Waals surface area contributed by atoms with E-state index in [1.165, 1.54) is 6.07 Å². The van der Waals surface area contributed by atoms with Gasteiger partial charge in [0, 0.05) is 5.69 Å². The molecule has 1 amide bonds. The number of hydrogen-bond donors (Lipinski definition) is 2. The van der Waals surface area contributed by atoms with Crippen molar-refractivity contribution >= 4 is 11.6 Å². The Morgan fingerprint density at radius 3 is 2.58 bits per heavy atom. The highest BCUT2D eigenvalue weighted by atomic mass is 19.4. The molecule has 0 unspecified atom stereocenters. The van der Waals surface area contributed by atoms with Crippen LogP contribution in [-0.4, -0.2) is 19.0 Å². The predicted molar refractivity (Wildman–Crippen MR) is 68.0 cm³/mol. The van der Waals surface area contributed by atoms with E-state index in [-0.39, 0.29) is 18.1 Å². The minimum atomic E-state index is -4.41. The Labute approximate surface area is 110 Å². The van der Waals surface area contributed by atoms with Crippen LogP contribution in [0.3, 0.4) is 0 Å². The number of hydrogen-bond acceptors (Lipinski definition) is 2. The molecule has 1 aromatic carbocycles. The molecular weight excluding hydrogens is 257 g/mol. The lowest BCUT2D eigenvalue weighted by molar-refractivity contribution is -0.137. The summed E-state index contributed by atoms with van der Waals surface area (Å²) in [5.74, 6) is -0.351. The lowest BCUT2D eigenvalue weighted by atomic mass is 10.1. The molecule has 19 heavy (non-hydrogen) atoms. The van der Waals surface area contributed by atoms with E-state index in [0.717, 1.165) is 18.6 Å². The fourth-order valence-electron chi connectivity index (χ4n) is 1.51. The van der Waals surface area contributed by atoms with E-state index < -0.39 is 11.7 Å². The minimum Gasteiger partial charge on any atom is -0.325 e. The van der Waals surface area contributed by atoms with Gasteiger partial charge in [-0.3, -0.25) is 4.79 Å². The number of carbonyl (C=O) groups excluding carboxylic acids is 1. The molecular formula is C13H17F3N2O. The number of anilines is 1. The lowest BCUT2D eigenvalue weighted by Gasteiger charge is -2.12. The maximum Gasteiger partial charge on any atom is 0.416 e. The molecule has 1 rings (SSSR count). The summed E-state index contributed by atoms with van der Waals surface area (Å²) in [5, 5.41) is 5.37. The van der Waals surface area contributed by atoms with Gasteiger partial charge in [0.25, 0.3) is 0 Å². The van der Waals surface area contributed by atoms with Crippen molar-refractivity contribution in [2.45, 2.75) is 26.4 Å². The highest BCUT2D eigenvalue weighted by Gasteiger charge is 2.30. The molecule has 2 N–H and O–H groups in total. The third-order valence-electron chi connectivity index (χ3n) is 2.55. The van der Waals surface area contributed by atoms with Crippen LogP contribution >= 0.6 is 0 Å². The number of halogens is 3. The first-order valence-electron chi connectivity index (χ1n) is 6.03. The second kappa shape index (κ2) is 6.56. The second-order valence-corrected chi connectivity index (χ2v) is 4.25. The molecule has 0 aliphatic carbocycles. The van der Waals surface area contributed by atoms with E-state index in [1.54, 1.807) is 6.92 Å². The van der Waals surface area contributed by atoms with Crippen LogP contribution in [-0.2, 0) is 11.0 Å². The summed E-state index contributed by atoms with van der Waals surface area (Å²) < 4.78 is 37.7. The largest absolute Gasteiger partial charge is 0.416 e. The van der Waals surface area contributed by atoms with Gasteiger partial charge in [-0.05, 0) is 37.6 Å². The first kappa shape index (κ1) is 15.5. The Morgan fingerprint density at radius 1 is 1.32 bits per heavy atom. The first-order chi connectivity index (χ1) is 8.84. The summed E-state index contributed by atoms with van der Waals surface area (Å²) in [7, 11) is 0. The third-order valence-corrected chi connectivity index (χ3v) is 2.55. The molecule has 0 saturated carbocycles. The van der Waals surface area contributed by atoms with E-state index in [4.69, 9.17) is 0 Å². The Morgan fingerprint density at radius 2 is 2.00 bits per heavy atom. The smallest absolute Gasteiger partial charge is 0.325 e. The SMILES string of the molecule is CCCNCC(=O)Nc1cc(C(F)(F)F)ccc1C. The van der Waals surface area contributed by atoms with E-state index in [0.29, 0.717) is 12.1 Å². The summed E-state index contributed by atoms with van der Waals surface area (Å²) in [6, 6.07) is 3.30. The van der Waals surface area contributed by atoms with Gasteiger partial charge in [-0.2, -0.15) is 13.2 Å². The molecule has 0 bridgehead atoms. The van der Waals surface area contributed by atoms with Crippen LogP contribution in [0.4, 0.5) is 18.9 Å². The standard InChI is InChI=1S/C13H17F3N2O/c1-3-6-17-8-12(19)18-11-7-10(13(14,15)16)5-4-9(11)2/h4-5,7,17H,3,6,8H2,1-2H3,(H,18,19). The van der Waals surface area contributed by atoms with E-state index in [9.17, 15) is 18.0 Å². The molecule has 106 valence electrons. The number of carbonyl (C=O) groups is 1. The summed E-state index contributed by atoms with van der Waals surface area (Å²) in [4.78, 5) is 11.5. The van der Waals surface area contributed by atoms with Crippen LogP contribution in [0.5, 0.6) is 0 Å². The number of aryl methyl sites for hydroxylation is 1. The molecule has 0 aliphatic heterocycles. The molecule has 0 heterocycles. The molecule has 3 nitrogen and oxygen atoms in total. The van der Waals surface area contributed by atoms with Crippen molar-refractivity contribution in [3.63, 3.8) is 0 Å². The fourth-order valence-corrected chi connectivity index (χ4v) is 1.51. The van der Waals surface area contributed by atoms with Crippen molar-refractivity contribution in [2.24, 2.45) is 0 Å². The third kappa shape index (κ3) is 4.90. The summed E-state index contributed by atoms with van der Waals surface area (Å²) in [6.45, 7) is 4.38. The number of amides is 1. The van der Waals surface area contributed by atoms with Crippen molar-refractivity contribution < 1.29 is 18.0 Å². The number of nitrogens with one attached hydrogen (secondary N) is 2. The van der Waals surface area contributed by atoms with Crippen LogP contribution in [0.25, 0.3) is 0 Å². The fraction of sp³-hybridized carbons (Fsp3) is 0.462. The summed E-state index contributed by atoms with van der Waals surface area (Å²) in [6.07, 6.45) is -3.52. The van der Waals surface area contributed by atoms with Gasteiger partial charge >= 0.3 is 6.18 Å². The van der Waals surface area contributed by atoms with Gasteiger partial charge < -0.3 is 10.6 Å². The first-order valence-corrected chi connectivity index (χ1v) is 6.03. The Balaban J connectivity index is 2.74. The van der Waals surface area contributed by atoms with Gasteiger partial charge in [-0.15, -0.1) is 0 Å². The van der Waals surface area contributed by atoms with Crippen LogP contribution in [0.2, 0.25) is 0 Å². The van der Waals surface area contributed by atoms with E-state index in [1.807, 2.05) is 6.92 Å². The molecule has 1 aromatic rings. The average molecular weight is 274 g/mol. The Kier molecular flexibility index (Phi) is 5.35. The normalized spacial score (nSPS) is 11.4. The van der Waals surface area contributed by atoms with E-state index >= 15 is 0 Å². The maximum atomic E-state index is 12.6. The van der Waals surface area contributed by atoms with E-state index in [2.05, 4.69) is 10.6 Å². The van der Waals surface area contributed by atoms with Crippen LogP contribution in [0.15, 0.2) is 18.2 Å². The molecule has 0 saturated heterocycles. The zero-order valence-electron chi connectivity index (χ0n) is 10.9. The predicted octanol–water partition coefficient (Wildman–Crippen LogP) is 2.95. The topological polar surface area (TPSA) is 41.1 Å². The summed E-state index contributed by atoms with van der Waals surface area (Å²) >= 11 is 0. The minimum absolute atomic E-state index is 0.0868. The van der Waals surface area contributed by atoms with Gasteiger partial charge in [-0.25, -0.2) is 0 Å². The van der Waals surface area contributed by atoms with Gasteiger partial charge in [0.15, 0.2) is 0 Å². The van der Waals surface area contributed by atoms with Crippen molar-refractivity contribution in [2.75, 3.05) is 18.4 Å². The monoisotopic (exact) mass is 274 g/mol. The highest BCUT2D eigenvalue weighted by molar-refractivity contribution is 5.93. The van der Waals surface area contributed by atoms with Gasteiger partial charge in [0.1, 0.15) is 0 Å². The van der Waals surface area contributed by atoms with Crippen molar-refractivity contribution in [1.82, 2.24) is 5.32 Å². The summed E-state index contributed by atoms with van der Waals surface area (Å²) in [5.41, 5.74) is 0.0184. The molecule has 0 aromatic heterocycles. The number of alkyl halides is 3. The average Bonchev–Trinajstić information content (AvgIpc) is 2.31. The number of benzene rings is 1. The molecule has 0 radical (unpaired) electrons. The zero-order valence-corrected chi connectivity index (χ0v) is 10.9. The van der Waals surface area contributed by atoms with Crippen molar-refractivity contribution in [3.8, 4) is 0 Å². The molecule has 0 aliphatic rings. The Hall–Kier alpha value is -1.56. The van der Waals surface area contributed by atoms with Crippen LogP contribution < -0.4 is 10.6 Å². The highest BCUT2D eigenvalue weighted by Crippen LogP contribution is 2.31. The molecule has 6 heteroatoms. The van der Waals surface area contributed by atoms with Crippen molar-refractivity contribution in [1.29, 1.82) is 0 Å². The molecule has 0 fully saturated rings. The van der Waals surface area contributed by atoms with Crippen molar-refractivity contribution in [3.05, 3.63) is 29.3 Å². The zero-order chi connectivity index (χ0) is 14.5. The molecule has 0 atom stereocenters. The van der Waals surface area contributed by atoms with Crippen LogP contribution in [0.1, 0.15) is 24.5 Å². The lowest BCUT2D eigenvalue weighted by Crippen LogP contribution is -2.28. The molecule has 0 spiro atoms. The van der Waals surface area contributed by atoms with Crippen LogP contribution in [0, 0.1) is 6.92 Å². The van der Waals surface area contributed by atoms with Gasteiger partial charge in [-0.1, -0.05) is 13.0 Å².